The summed E-state index contributed by atoms with van der Waals surface area (Å²) < 4.78 is 5.21. The van der Waals surface area contributed by atoms with E-state index >= 15 is 0 Å². The molecule has 1 N–H and O–H groups in total. The van der Waals surface area contributed by atoms with Crippen LogP contribution >= 0.6 is 0 Å². The van der Waals surface area contributed by atoms with Crippen LogP contribution < -0.4 is 0 Å². The average Bonchev–Trinajstić information content (AvgIpc) is 2.24. The number of hydrogen-bond donors (Lipinski definition) is 1. The summed E-state index contributed by atoms with van der Waals surface area (Å²) in [4.78, 5) is 0. The molecule has 0 bridgehead atoms. The molecule has 2 rings (SSSR count). The summed E-state index contributed by atoms with van der Waals surface area (Å²) in [5.74, 6) is 0.608. The quantitative estimate of drug-likeness (QED) is 0.843. The van der Waals surface area contributed by atoms with Gasteiger partial charge in [0.25, 0.3) is 0 Å². The maximum Gasteiger partial charge on any atom is 0.0525 e. The van der Waals surface area contributed by atoms with Crippen LogP contribution in [-0.2, 0) is 10.2 Å². The number of rotatable bonds is 4. The third kappa shape index (κ3) is 2.13. The first-order chi connectivity index (χ1) is 7.65. The fourth-order valence-electron chi connectivity index (χ4n) is 2.55. The van der Waals surface area contributed by atoms with Gasteiger partial charge in [-0.15, -0.1) is 0 Å². The second kappa shape index (κ2) is 4.56. The molecule has 0 amide bonds. The van der Waals surface area contributed by atoms with Gasteiger partial charge in [-0.25, -0.2) is 0 Å². The highest BCUT2D eigenvalue weighted by molar-refractivity contribution is 5.33. The Morgan fingerprint density at radius 2 is 2.06 bits per heavy atom. The molecule has 2 heteroatoms. The Bertz CT molecular complexity index is 358. The number of aliphatic hydroxyl groups is 1. The summed E-state index contributed by atoms with van der Waals surface area (Å²) in [7, 11) is 0. The van der Waals surface area contributed by atoms with E-state index < -0.39 is 0 Å². The number of benzene rings is 1. The first-order valence-electron chi connectivity index (χ1n) is 5.90. The summed E-state index contributed by atoms with van der Waals surface area (Å²) in [5, 5.41) is 9.69. The minimum absolute atomic E-state index is 0.125. The van der Waals surface area contributed by atoms with Crippen molar-refractivity contribution in [2.45, 2.75) is 25.7 Å². The molecule has 1 heterocycles. The van der Waals surface area contributed by atoms with Crippen molar-refractivity contribution in [1.29, 1.82) is 0 Å². The zero-order chi connectivity index (χ0) is 11.6. The average molecular weight is 220 g/mol. The number of hydrogen-bond acceptors (Lipinski definition) is 2. The van der Waals surface area contributed by atoms with Gasteiger partial charge in [-0.2, -0.15) is 0 Å². The van der Waals surface area contributed by atoms with Crippen molar-refractivity contribution >= 4 is 0 Å². The highest BCUT2D eigenvalue weighted by atomic mass is 16.5. The summed E-state index contributed by atoms with van der Waals surface area (Å²) in [6.07, 6.45) is 1.01. The van der Waals surface area contributed by atoms with E-state index in [1.807, 2.05) is 12.1 Å². The molecule has 0 saturated carbocycles. The van der Waals surface area contributed by atoms with Crippen molar-refractivity contribution in [1.82, 2.24) is 0 Å². The summed E-state index contributed by atoms with van der Waals surface area (Å²) >= 11 is 0. The molecule has 1 aliphatic rings. The Balaban J connectivity index is 2.22. The molecule has 0 aromatic heterocycles. The lowest BCUT2D eigenvalue weighted by Crippen LogP contribution is -2.38. The zero-order valence-electron chi connectivity index (χ0n) is 10.1. The highest BCUT2D eigenvalue weighted by Crippen LogP contribution is 2.34. The van der Waals surface area contributed by atoms with Crippen LogP contribution in [0.25, 0.3) is 0 Å². The van der Waals surface area contributed by atoms with Gasteiger partial charge >= 0.3 is 0 Å². The molecule has 1 fully saturated rings. The van der Waals surface area contributed by atoms with Gasteiger partial charge in [0, 0.05) is 11.3 Å². The van der Waals surface area contributed by atoms with E-state index in [9.17, 15) is 5.11 Å². The minimum atomic E-state index is -0.125. The van der Waals surface area contributed by atoms with E-state index in [4.69, 9.17) is 4.74 Å². The van der Waals surface area contributed by atoms with Crippen molar-refractivity contribution < 1.29 is 9.84 Å². The second-order valence-corrected chi connectivity index (χ2v) is 5.14. The molecule has 88 valence electrons. The van der Waals surface area contributed by atoms with Crippen LogP contribution in [0.15, 0.2) is 24.3 Å². The maximum absolute atomic E-state index is 9.69. The van der Waals surface area contributed by atoms with Crippen molar-refractivity contribution in [2.75, 3.05) is 19.8 Å². The van der Waals surface area contributed by atoms with E-state index in [2.05, 4.69) is 26.0 Å². The molecule has 1 saturated heterocycles. The van der Waals surface area contributed by atoms with Gasteiger partial charge in [0.2, 0.25) is 0 Å². The Kier molecular flexibility index (Phi) is 3.31. The SMILES string of the molecule is Cc1ccccc1C(C)(CO)CC1COC1. The Labute approximate surface area is 97.3 Å². The second-order valence-electron chi connectivity index (χ2n) is 5.14. The molecule has 2 nitrogen and oxygen atoms in total. The number of aliphatic hydroxyl groups excluding tert-OH is 1. The number of aryl methyl sites for hydroxylation is 1. The standard InChI is InChI=1S/C14H20O2/c1-11-5-3-4-6-13(11)14(2,10-15)7-12-8-16-9-12/h3-6,12,15H,7-10H2,1-2H3. The van der Waals surface area contributed by atoms with E-state index in [0.717, 1.165) is 19.6 Å². The normalized spacial score (nSPS) is 20.2. The van der Waals surface area contributed by atoms with Crippen LogP contribution in [0.2, 0.25) is 0 Å². The third-order valence-electron chi connectivity index (χ3n) is 3.59. The summed E-state index contributed by atoms with van der Waals surface area (Å²) in [6, 6.07) is 8.34. The smallest absolute Gasteiger partial charge is 0.0525 e. The molecule has 1 aliphatic heterocycles. The topological polar surface area (TPSA) is 29.5 Å². The predicted molar refractivity (Wildman–Crippen MR) is 64.5 cm³/mol. The molecule has 1 unspecified atom stereocenters. The van der Waals surface area contributed by atoms with Gasteiger partial charge in [0.1, 0.15) is 0 Å². The van der Waals surface area contributed by atoms with Gasteiger partial charge < -0.3 is 9.84 Å². The van der Waals surface area contributed by atoms with Gasteiger partial charge in [-0.05, 0) is 24.5 Å². The Hall–Kier alpha value is -0.860. The van der Waals surface area contributed by atoms with E-state index in [1.165, 1.54) is 11.1 Å². The molecule has 1 atom stereocenters. The lowest BCUT2D eigenvalue weighted by atomic mass is 9.74. The van der Waals surface area contributed by atoms with Crippen LogP contribution in [0.4, 0.5) is 0 Å². The van der Waals surface area contributed by atoms with Crippen molar-refractivity contribution in [3.8, 4) is 0 Å². The molecule has 0 aliphatic carbocycles. The molecule has 0 radical (unpaired) electrons. The first-order valence-corrected chi connectivity index (χ1v) is 5.90. The van der Waals surface area contributed by atoms with Crippen LogP contribution in [0.5, 0.6) is 0 Å². The van der Waals surface area contributed by atoms with Crippen LogP contribution in [-0.4, -0.2) is 24.9 Å². The van der Waals surface area contributed by atoms with Crippen LogP contribution in [0, 0.1) is 12.8 Å². The molecular formula is C14H20O2. The summed E-state index contributed by atoms with van der Waals surface area (Å²) in [6.45, 7) is 6.16. The first kappa shape index (κ1) is 11.6. The monoisotopic (exact) mass is 220 g/mol. The van der Waals surface area contributed by atoms with Gasteiger partial charge in [0.15, 0.2) is 0 Å². The van der Waals surface area contributed by atoms with Crippen molar-refractivity contribution in [2.24, 2.45) is 5.92 Å². The fourth-order valence-corrected chi connectivity index (χ4v) is 2.55. The van der Waals surface area contributed by atoms with E-state index in [1.54, 1.807) is 0 Å². The maximum atomic E-state index is 9.69. The van der Waals surface area contributed by atoms with Gasteiger partial charge in [-0.3, -0.25) is 0 Å². The van der Waals surface area contributed by atoms with E-state index in [0.29, 0.717) is 5.92 Å². The third-order valence-corrected chi connectivity index (χ3v) is 3.59. The minimum Gasteiger partial charge on any atom is -0.395 e. The van der Waals surface area contributed by atoms with Crippen LogP contribution in [0.1, 0.15) is 24.5 Å². The Morgan fingerprint density at radius 1 is 1.38 bits per heavy atom. The lowest BCUT2D eigenvalue weighted by molar-refractivity contribution is -0.0485. The van der Waals surface area contributed by atoms with Crippen molar-refractivity contribution in [3.63, 3.8) is 0 Å². The molecular weight excluding hydrogens is 200 g/mol. The van der Waals surface area contributed by atoms with Gasteiger partial charge in [-0.1, -0.05) is 31.2 Å². The van der Waals surface area contributed by atoms with Crippen molar-refractivity contribution in [3.05, 3.63) is 35.4 Å². The van der Waals surface area contributed by atoms with E-state index in [-0.39, 0.29) is 12.0 Å². The summed E-state index contributed by atoms with van der Waals surface area (Å²) in [5.41, 5.74) is 2.41. The molecule has 1 aromatic carbocycles. The largest absolute Gasteiger partial charge is 0.395 e. The molecule has 1 aromatic rings. The Morgan fingerprint density at radius 3 is 2.56 bits per heavy atom. The molecule has 0 spiro atoms. The predicted octanol–water partition coefficient (Wildman–Crippen LogP) is 2.28. The number of ether oxygens (including phenoxy) is 1. The lowest BCUT2D eigenvalue weighted by Gasteiger charge is -2.36. The highest BCUT2D eigenvalue weighted by Gasteiger charge is 2.33. The van der Waals surface area contributed by atoms with Gasteiger partial charge in [0.05, 0.1) is 19.8 Å². The van der Waals surface area contributed by atoms with Crippen LogP contribution in [0.3, 0.4) is 0 Å². The molecule has 16 heavy (non-hydrogen) atoms. The zero-order valence-corrected chi connectivity index (χ0v) is 10.1. The fraction of sp³-hybridized carbons (Fsp3) is 0.571.